The summed E-state index contributed by atoms with van der Waals surface area (Å²) in [5.74, 6) is 0. The van der Waals surface area contributed by atoms with Crippen LogP contribution < -0.4 is 0 Å². The van der Waals surface area contributed by atoms with Gasteiger partial charge >= 0.3 is 8.12 Å². The second kappa shape index (κ2) is 33.4. The molecule has 0 nitrogen and oxygen atoms in total. The molecule has 7 aromatic carbocycles. The number of hydrogen-bond donors (Lipinski definition) is 0. The Kier molecular flexibility index (Phi) is 31.9. The van der Waals surface area contributed by atoms with E-state index in [4.69, 9.17) is 4.32 Å². The second-order valence-corrected chi connectivity index (χ2v) is 12.2. The third-order valence-corrected chi connectivity index (χ3v) is 8.46. The van der Waals surface area contributed by atoms with Crippen LogP contribution >= 0.6 is 0 Å². The molecule has 0 aromatic heterocycles. The standard InChI is InChI=1S/C15H11.C13H10.3C7H8.2C2H6.2CH4.BF.Y/c1-2-11-12-7-3-5-9-14(12)15-10-6-4-8-13(11)15;1-3-7-12-10(5-1)9-11-6-2-4-8-13(11)12;3*1-7-5-3-2-4-6-7;2*1-2;;;1-2;/h3-10H,1H3;1-8H,9H2;3*2-6H,1H3;2*1-2H3;2*1H4;;/q-1;;;;;;;;;;. The molecule has 0 unspecified atom stereocenters. The molecule has 0 aliphatic heterocycles. The van der Waals surface area contributed by atoms with E-state index in [1.165, 1.54) is 66.8 Å². The molecular weight excluding hydrogens is 779 g/mol. The van der Waals surface area contributed by atoms with Crippen LogP contribution in [0, 0.1) is 26.8 Å². The van der Waals surface area contributed by atoms with Crippen molar-refractivity contribution in [3.63, 3.8) is 0 Å². The van der Waals surface area contributed by atoms with Gasteiger partial charge in [0, 0.05) is 32.7 Å². The number of fused-ring (bicyclic) bond motifs is 6. The monoisotopic (exact) mass is 844 g/mol. The molecule has 0 fully saturated rings. The maximum absolute atomic E-state index is 9.00. The molecule has 0 saturated heterocycles. The minimum absolute atomic E-state index is 0. The molecule has 0 bridgehead atoms. The van der Waals surface area contributed by atoms with Gasteiger partial charge in [0.15, 0.2) is 0 Å². The number of benzene rings is 7. The first-order valence-electron chi connectivity index (χ1n) is 19.2. The van der Waals surface area contributed by atoms with Gasteiger partial charge in [0.2, 0.25) is 0 Å². The van der Waals surface area contributed by atoms with Crippen molar-refractivity contribution in [1.82, 2.24) is 0 Å². The maximum atomic E-state index is 9.00. The van der Waals surface area contributed by atoms with Gasteiger partial charge in [-0.3, -0.25) is 0 Å². The predicted octanol–water partition coefficient (Wildman–Crippen LogP) is 16.5. The van der Waals surface area contributed by atoms with Crippen molar-refractivity contribution >= 4 is 13.7 Å². The van der Waals surface area contributed by atoms with Crippen LogP contribution in [0.1, 0.15) is 88.4 Å². The fourth-order valence-corrected chi connectivity index (χ4v) is 5.97. The average molecular weight is 845 g/mol. The van der Waals surface area contributed by atoms with Crippen LogP contribution in [0.15, 0.2) is 188 Å². The minimum Gasteiger partial charge on any atom is -0.350 e. The first-order valence-corrected chi connectivity index (χ1v) is 19.2. The molecule has 3 radical (unpaired) electrons. The van der Waals surface area contributed by atoms with E-state index in [-0.39, 0.29) is 47.6 Å². The first-order chi connectivity index (χ1) is 27.0. The molecule has 2 aliphatic rings. The van der Waals surface area contributed by atoms with Crippen LogP contribution in [0.2, 0.25) is 0 Å². The molecule has 0 saturated carbocycles. The van der Waals surface area contributed by atoms with E-state index in [0.29, 0.717) is 0 Å². The van der Waals surface area contributed by atoms with E-state index in [1.807, 2.05) is 89.2 Å². The van der Waals surface area contributed by atoms with Crippen molar-refractivity contribution in [1.29, 1.82) is 0 Å². The van der Waals surface area contributed by atoms with Gasteiger partial charge in [-0.15, -0.1) is 23.3 Å². The summed E-state index contributed by atoms with van der Waals surface area (Å²) in [6.07, 6.45) is 4.40. The Bertz CT molecular complexity index is 1890. The van der Waals surface area contributed by atoms with Gasteiger partial charge in [0.25, 0.3) is 0 Å². The van der Waals surface area contributed by atoms with Crippen LogP contribution in [0.5, 0.6) is 0 Å². The van der Waals surface area contributed by atoms with Crippen molar-refractivity contribution in [2.45, 2.75) is 76.7 Å². The molecule has 7 aromatic rings. The van der Waals surface area contributed by atoms with Gasteiger partial charge in [-0.05, 0) is 49.4 Å². The van der Waals surface area contributed by atoms with Crippen LogP contribution in [0.3, 0.4) is 0 Å². The summed E-state index contributed by atoms with van der Waals surface area (Å²) in [5, 5.41) is 0. The third kappa shape index (κ3) is 17.9. The Morgan fingerprint density at radius 2 is 0.586 bits per heavy atom. The molecule has 3 heteroatoms. The van der Waals surface area contributed by atoms with E-state index < -0.39 is 0 Å². The van der Waals surface area contributed by atoms with E-state index in [0.717, 1.165) is 6.42 Å². The number of halogens is 1. The zero-order valence-electron chi connectivity index (χ0n) is 34.6. The topological polar surface area (TPSA) is 0 Å². The molecule has 9 rings (SSSR count). The van der Waals surface area contributed by atoms with Crippen LogP contribution in [0.25, 0.3) is 27.8 Å². The second-order valence-electron chi connectivity index (χ2n) is 12.2. The zero-order chi connectivity index (χ0) is 40.3. The van der Waals surface area contributed by atoms with E-state index >= 15 is 0 Å². The summed E-state index contributed by atoms with van der Waals surface area (Å²) in [7, 11) is 3.00. The van der Waals surface area contributed by atoms with E-state index in [2.05, 4.69) is 168 Å². The summed E-state index contributed by atoms with van der Waals surface area (Å²) in [4.78, 5) is 0. The van der Waals surface area contributed by atoms with Crippen molar-refractivity contribution in [2.24, 2.45) is 0 Å². The van der Waals surface area contributed by atoms with Gasteiger partial charge < -0.3 is 4.32 Å². The predicted molar refractivity (Wildman–Crippen MR) is 255 cm³/mol. The Morgan fingerprint density at radius 3 is 0.828 bits per heavy atom. The average Bonchev–Trinajstić information content (AvgIpc) is 3.80. The van der Waals surface area contributed by atoms with Crippen molar-refractivity contribution in [3.05, 3.63) is 233 Å². The molecule has 58 heavy (non-hydrogen) atoms. The number of rotatable bonds is 0. The SMILES string of the molecule is C.C.CC.CC.C[C-]=C1c2ccccc2-c2ccccc21.Cc1ccccc1.Cc1ccccc1.Cc1ccccc1.[B]F.[Y].c1ccc2c(c1)Cc1ccccc1-2. The van der Waals surface area contributed by atoms with Crippen molar-refractivity contribution < 1.29 is 37.0 Å². The molecule has 0 heterocycles. The van der Waals surface area contributed by atoms with Gasteiger partial charge in [0.05, 0.1) is 0 Å². The summed E-state index contributed by atoms with van der Waals surface area (Å²) in [5.41, 5.74) is 16.2. The van der Waals surface area contributed by atoms with Crippen molar-refractivity contribution in [2.75, 3.05) is 0 Å². The van der Waals surface area contributed by atoms with Crippen LogP contribution in [-0.4, -0.2) is 8.12 Å². The van der Waals surface area contributed by atoms with Gasteiger partial charge in [-0.1, -0.05) is 253 Å². The Morgan fingerprint density at radius 1 is 0.362 bits per heavy atom. The quantitative estimate of drug-likeness (QED) is 0.105. The normalized spacial score (nSPS) is 9.36. The maximum Gasteiger partial charge on any atom is 0.350 e. The number of allylic oxidation sites excluding steroid dienone is 1. The van der Waals surface area contributed by atoms with E-state index in [1.54, 1.807) is 0 Å². The summed E-state index contributed by atoms with van der Waals surface area (Å²) in [6, 6.07) is 65.1. The Labute approximate surface area is 380 Å². The van der Waals surface area contributed by atoms with Gasteiger partial charge in [-0.25, -0.2) is 6.08 Å². The molecule has 0 amide bonds. The largest absolute Gasteiger partial charge is 0.350 e. The fraction of sp³-hybridized carbons (Fsp3) is 0.200. The molecule has 2 aliphatic carbocycles. The fourth-order valence-electron chi connectivity index (χ4n) is 5.97. The molecule has 0 spiro atoms. The van der Waals surface area contributed by atoms with E-state index in [9.17, 15) is 0 Å². The van der Waals surface area contributed by atoms with Crippen LogP contribution in [0.4, 0.5) is 4.32 Å². The zero-order valence-corrected chi connectivity index (χ0v) is 37.5. The Balaban J connectivity index is 0. The number of hydrogen-bond acceptors (Lipinski definition) is 0. The van der Waals surface area contributed by atoms with Crippen molar-refractivity contribution in [3.8, 4) is 22.3 Å². The molecule has 299 valence electrons. The number of aryl methyl sites for hydroxylation is 3. The first kappa shape index (κ1) is 55.5. The minimum atomic E-state index is 0. The molecular formula is C55H65BFY-. The summed E-state index contributed by atoms with van der Waals surface area (Å²) < 4.78 is 9.00. The Hall–Kier alpha value is -4.62. The smallest absolute Gasteiger partial charge is 0.350 e. The molecule has 0 atom stereocenters. The summed E-state index contributed by atoms with van der Waals surface area (Å²) in [6.45, 7) is 16.2. The summed E-state index contributed by atoms with van der Waals surface area (Å²) >= 11 is 0. The third-order valence-electron chi connectivity index (χ3n) is 8.46. The van der Waals surface area contributed by atoms with Gasteiger partial charge in [-0.2, -0.15) is 5.57 Å². The molecule has 0 N–H and O–H groups in total. The van der Waals surface area contributed by atoms with Gasteiger partial charge in [0.1, 0.15) is 0 Å². The van der Waals surface area contributed by atoms with Crippen LogP contribution in [-0.2, 0) is 39.1 Å².